The Balaban J connectivity index is 1.96. The zero-order valence-electron chi connectivity index (χ0n) is 21.8. The maximum atomic E-state index is 13.5. The van der Waals surface area contributed by atoms with Gasteiger partial charge in [-0.25, -0.2) is 13.6 Å². The van der Waals surface area contributed by atoms with E-state index in [1.165, 1.54) is 36.3 Å². The first-order valence-corrected chi connectivity index (χ1v) is 13.5. The van der Waals surface area contributed by atoms with E-state index in [0.29, 0.717) is 16.9 Å². The monoisotopic (exact) mass is 534 g/mol. The van der Waals surface area contributed by atoms with Gasteiger partial charge in [0.2, 0.25) is 10.0 Å². The quantitative estimate of drug-likeness (QED) is 0.280. The molecule has 0 aromatic heterocycles. The number of ether oxygens (including phenoxy) is 1. The predicted octanol–water partition coefficient (Wildman–Crippen LogP) is 4.57. The smallest absolute Gasteiger partial charge is 0.300 e. The van der Waals surface area contributed by atoms with Crippen molar-refractivity contribution in [3.8, 4) is 5.75 Å². The molecule has 1 amide bonds. The van der Waals surface area contributed by atoms with Gasteiger partial charge in [-0.3, -0.25) is 14.5 Å². The number of primary sulfonamides is 1. The summed E-state index contributed by atoms with van der Waals surface area (Å²) in [5, 5.41) is 16.8. The van der Waals surface area contributed by atoms with E-state index >= 15 is 0 Å². The third-order valence-corrected chi connectivity index (χ3v) is 7.61. The van der Waals surface area contributed by atoms with Gasteiger partial charge in [0.1, 0.15) is 11.5 Å². The first kappa shape index (κ1) is 27.1. The predicted molar refractivity (Wildman–Crippen MR) is 145 cm³/mol. The molecule has 1 heterocycles. The van der Waals surface area contributed by atoms with E-state index in [1.807, 2.05) is 45.9 Å². The summed E-state index contributed by atoms with van der Waals surface area (Å²) in [5.74, 6) is -1.40. The van der Waals surface area contributed by atoms with Crippen molar-refractivity contribution in [2.24, 2.45) is 5.14 Å². The highest BCUT2D eigenvalue weighted by molar-refractivity contribution is 7.89. The number of Topliss-reactive ketones (excluding diaryl/α,β-unsaturated/α-hetero) is 1. The summed E-state index contributed by atoms with van der Waals surface area (Å²) in [6.45, 7) is 7.96. The molecule has 0 spiro atoms. The summed E-state index contributed by atoms with van der Waals surface area (Å²) in [5.41, 5.74) is 2.72. The average Bonchev–Trinajstić information content (AvgIpc) is 3.13. The molecule has 1 atom stereocenters. The average molecular weight is 535 g/mol. The Hall–Kier alpha value is -3.95. The minimum Gasteiger partial charge on any atom is -0.507 e. The number of hydrogen-bond acceptors (Lipinski definition) is 6. The zero-order chi connectivity index (χ0) is 28.0. The van der Waals surface area contributed by atoms with Crippen molar-refractivity contribution < 1.29 is 27.9 Å². The number of aryl methyl sites for hydroxylation is 1. The molecule has 8 nitrogen and oxygen atoms in total. The number of carbonyl (C=O) groups is 2. The third-order valence-electron chi connectivity index (χ3n) is 6.68. The highest BCUT2D eigenvalue weighted by Crippen LogP contribution is 2.43. The third kappa shape index (κ3) is 4.94. The zero-order valence-corrected chi connectivity index (χ0v) is 22.7. The topological polar surface area (TPSA) is 127 Å². The molecule has 0 bridgehead atoms. The van der Waals surface area contributed by atoms with Crippen molar-refractivity contribution in [1.82, 2.24) is 0 Å². The van der Waals surface area contributed by atoms with Crippen LogP contribution in [0.2, 0.25) is 0 Å². The molecule has 1 aliphatic heterocycles. The molecule has 3 N–H and O–H groups in total. The fourth-order valence-electron chi connectivity index (χ4n) is 4.49. The number of nitrogens with two attached hydrogens (primary N) is 1. The number of aliphatic hydroxyl groups is 1. The van der Waals surface area contributed by atoms with Gasteiger partial charge in [-0.15, -0.1) is 0 Å². The number of ketones is 1. The molecule has 9 heteroatoms. The highest BCUT2D eigenvalue weighted by atomic mass is 32.2. The van der Waals surface area contributed by atoms with Gasteiger partial charge in [0.05, 0.1) is 23.6 Å². The van der Waals surface area contributed by atoms with E-state index < -0.39 is 27.8 Å². The Kier molecular flexibility index (Phi) is 6.94. The normalized spacial score (nSPS) is 17.6. The molecule has 38 heavy (non-hydrogen) atoms. The molecule has 0 saturated carbocycles. The second-order valence-electron chi connectivity index (χ2n) is 10.3. The first-order valence-electron chi connectivity index (χ1n) is 11.9. The highest BCUT2D eigenvalue weighted by Gasteiger charge is 2.47. The second-order valence-corrected chi connectivity index (χ2v) is 11.8. The molecule has 1 saturated heterocycles. The lowest BCUT2D eigenvalue weighted by Crippen LogP contribution is -2.29. The number of nitrogens with zero attached hydrogens (tertiary/aromatic N) is 1. The van der Waals surface area contributed by atoms with Crippen LogP contribution in [0.4, 0.5) is 5.69 Å². The fraction of sp³-hybridized carbons (Fsp3) is 0.241. The van der Waals surface area contributed by atoms with Gasteiger partial charge in [0, 0.05) is 11.3 Å². The van der Waals surface area contributed by atoms with Gasteiger partial charge < -0.3 is 9.84 Å². The number of aliphatic hydroxyl groups excluding tert-OH is 1. The Morgan fingerprint density at radius 1 is 0.974 bits per heavy atom. The van der Waals surface area contributed by atoms with Crippen molar-refractivity contribution in [2.75, 3.05) is 12.0 Å². The summed E-state index contributed by atoms with van der Waals surface area (Å²) >= 11 is 0. The van der Waals surface area contributed by atoms with Gasteiger partial charge in [-0.2, -0.15) is 0 Å². The Morgan fingerprint density at radius 2 is 1.58 bits per heavy atom. The summed E-state index contributed by atoms with van der Waals surface area (Å²) < 4.78 is 28.8. The van der Waals surface area contributed by atoms with Crippen LogP contribution in [-0.4, -0.2) is 32.3 Å². The Labute approximate surface area is 222 Å². The van der Waals surface area contributed by atoms with Gasteiger partial charge in [0.15, 0.2) is 0 Å². The van der Waals surface area contributed by atoms with Gasteiger partial charge in [0.25, 0.3) is 11.7 Å². The SMILES string of the molecule is COc1ccc(C2/C(=C(\O)c3cc(C(C)(C)C)ccc3C)C(=O)C(=O)N2c2ccc(S(N)(=O)=O)cc2)cc1. The molecule has 3 aromatic carbocycles. The van der Waals surface area contributed by atoms with Crippen molar-refractivity contribution in [3.63, 3.8) is 0 Å². The number of benzene rings is 3. The number of methoxy groups -OCH3 is 1. The number of sulfonamides is 1. The standard InChI is InChI=1S/C29H30N2O6S/c1-17-6-9-19(29(2,3)4)16-23(17)26(32)24-25(18-7-12-21(37-5)13-8-18)31(28(34)27(24)33)20-10-14-22(15-11-20)38(30,35)36/h6-16,25,32H,1-5H3,(H2,30,35,36)/b26-24+. The van der Waals surface area contributed by atoms with Crippen LogP contribution in [0.1, 0.15) is 49.1 Å². The van der Waals surface area contributed by atoms with E-state index in [1.54, 1.807) is 24.3 Å². The lowest BCUT2D eigenvalue weighted by Gasteiger charge is -2.26. The van der Waals surface area contributed by atoms with E-state index in [9.17, 15) is 23.1 Å². The number of anilines is 1. The fourth-order valence-corrected chi connectivity index (χ4v) is 5.00. The van der Waals surface area contributed by atoms with Crippen LogP contribution in [-0.2, 0) is 25.0 Å². The molecular formula is C29H30N2O6S. The molecule has 1 aliphatic rings. The van der Waals surface area contributed by atoms with Crippen LogP contribution in [0.25, 0.3) is 5.76 Å². The van der Waals surface area contributed by atoms with Crippen molar-refractivity contribution in [1.29, 1.82) is 0 Å². The largest absolute Gasteiger partial charge is 0.507 e. The molecule has 198 valence electrons. The number of hydrogen-bond donors (Lipinski definition) is 2. The van der Waals surface area contributed by atoms with Gasteiger partial charge in [-0.1, -0.05) is 45.0 Å². The number of carbonyl (C=O) groups excluding carboxylic acids is 2. The molecule has 1 unspecified atom stereocenters. The van der Waals surface area contributed by atoms with Gasteiger partial charge >= 0.3 is 0 Å². The Morgan fingerprint density at radius 3 is 2.11 bits per heavy atom. The van der Waals surface area contributed by atoms with E-state index in [4.69, 9.17) is 9.88 Å². The van der Waals surface area contributed by atoms with Crippen LogP contribution in [0.15, 0.2) is 77.2 Å². The van der Waals surface area contributed by atoms with Crippen LogP contribution in [0.5, 0.6) is 5.75 Å². The first-order chi connectivity index (χ1) is 17.7. The minimum atomic E-state index is -3.96. The minimum absolute atomic E-state index is 0.0650. The lowest BCUT2D eigenvalue weighted by atomic mass is 9.84. The number of amides is 1. The van der Waals surface area contributed by atoms with Gasteiger partial charge in [-0.05, 0) is 71.5 Å². The summed E-state index contributed by atoms with van der Waals surface area (Å²) in [6.07, 6.45) is 0. The molecule has 0 radical (unpaired) electrons. The second kappa shape index (κ2) is 9.74. The van der Waals surface area contributed by atoms with Crippen LogP contribution in [0, 0.1) is 6.92 Å². The summed E-state index contributed by atoms with van der Waals surface area (Å²) in [6, 6.07) is 16.9. The molecule has 4 rings (SSSR count). The van der Waals surface area contributed by atoms with E-state index in [0.717, 1.165) is 11.1 Å². The molecule has 1 fully saturated rings. The van der Waals surface area contributed by atoms with Crippen LogP contribution in [0.3, 0.4) is 0 Å². The van der Waals surface area contributed by atoms with Crippen molar-refractivity contribution in [3.05, 3.63) is 94.6 Å². The van der Waals surface area contributed by atoms with Crippen molar-refractivity contribution >= 4 is 33.2 Å². The van der Waals surface area contributed by atoms with E-state index in [2.05, 4.69) is 0 Å². The molecular weight excluding hydrogens is 504 g/mol. The molecule has 3 aromatic rings. The lowest BCUT2D eigenvalue weighted by molar-refractivity contribution is -0.132. The maximum absolute atomic E-state index is 13.5. The number of rotatable bonds is 5. The van der Waals surface area contributed by atoms with Crippen molar-refractivity contribution in [2.45, 2.75) is 44.0 Å². The van der Waals surface area contributed by atoms with E-state index in [-0.39, 0.29) is 27.3 Å². The Bertz CT molecular complexity index is 1550. The van der Waals surface area contributed by atoms with Crippen LogP contribution >= 0.6 is 0 Å². The summed E-state index contributed by atoms with van der Waals surface area (Å²) in [4.78, 5) is 28.0. The molecule has 0 aliphatic carbocycles. The summed E-state index contributed by atoms with van der Waals surface area (Å²) in [7, 11) is -2.43. The maximum Gasteiger partial charge on any atom is 0.300 e. The van der Waals surface area contributed by atoms with Crippen LogP contribution < -0.4 is 14.8 Å².